The molecule has 0 aliphatic heterocycles. The van der Waals surface area contributed by atoms with Gasteiger partial charge in [0.2, 0.25) is 0 Å². The molecule has 19 heavy (non-hydrogen) atoms. The molecule has 0 saturated heterocycles. The molecule has 2 aromatic carbocycles. The SMILES string of the molecule is Cc1ccc(NC2CC(c3ccccc3)C2)cc1Br. The van der Waals surface area contributed by atoms with Gasteiger partial charge in [-0.15, -0.1) is 0 Å². The van der Waals surface area contributed by atoms with E-state index in [0.29, 0.717) is 6.04 Å². The predicted octanol–water partition coefficient (Wildman–Crippen LogP) is 5.12. The zero-order valence-electron chi connectivity index (χ0n) is 11.1. The van der Waals surface area contributed by atoms with Crippen LogP contribution in [0.1, 0.15) is 29.9 Å². The van der Waals surface area contributed by atoms with Crippen LogP contribution in [0, 0.1) is 6.92 Å². The van der Waals surface area contributed by atoms with Gasteiger partial charge in [0.05, 0.1) is 0 Å². The van der Waals surface area contributed by atoms with Gasteiger partial charge in [0.1, 0.15) is 0 Å². The number of halogens is 1. The second-order valence-electron chi connectivity index (χ2n) is 5.38. The van der Waals surface area contributed by atoms with Crippen molar-refractivity contribution in [3.05, 3.63) is 64.1 Å². The third-order valence-electron chi connectivity index (χ3n) is 3.95. The topological polar surface area (TPSA) is 12.0 Å². The average Bonchev–Trinajstić information content (AvgIpc) is 2.38. The molecular formula is C17H18BrN. The highest BCUT2D eigenvalue weighted by Crippen LogP contribution is 2.38. The largest absolute Gasteiger partial charge is 0.382 e. The summed E-state index contributed by atoms with van der Waals surface area (Å²) in [5.74, 6) is 0.729. The molecule has 1 nitrogen and oxygen atoms in total. The van der Waals surface area contributed by atoms with Gasteiger partial charge in [-0.05, 0) is 48.9 Å². The molecule has 0 heterocycles. The summed E-state index contributed by atoms with van der Waals surface area (Å²) < 4.78 is 1.18. The smallest absolute Gasteiger partial charge is 0.0353 e. The third kappa shape index (κ3) is 2.84. The maximum absolute atomic E-state index is 3.62. The molecule has 1 aliphatic rings. The standard InChI is InChI=1S/C17H18BrN/c1-12-7-8-15(11-17(12)18)19-16-9-14(10-16)13-5-3-2-4-6-13/h2-8,11,14,16,19H,9-10H2,1H3. The summed E-state index contributed by atoms with van der Waals surface area (Å²) >= 11 is 3.58. The van der Waals surface area contributed by atoms with Crippen LogP contribution in [-0.2, 0) is 0 Å². The van der Waals surface area contributed by atoms with Gasteiger partial charge in [0.15, 0.2) is 0 Å². The first-order valence-electron chi connectivity index (χ1n) is 6.80. The van der Waals surface area contributed by atoms with Gasteiger partial charge in [0, 0.05) is 16.2 Å². The van der Waals surface area contributed by atoms with Crippen molar-refractivity contribution in [2.75, 3.05) is 5.32 Å². The Balaban J connectivity index is 1.58. The molecule has 2 heteroatoms. The van der Waals surface area contributed by atoms with E-state index in [4.69, 9.17) is 0 Å². The Bertz CT molecular complexity index is 559. The quantitative estimate of drug-likeness (QED) is 0.829. The third-order valence-corrected chi connectivity index (χ3v) is 4.81. The number of hydrogen-bond acceptors (Lipinski definition) is 1. The molecule has 0 amide bonds. The van der Waals surface area contributed by atoms with Crippen molar-refractivity contribution in [1.82, 2.24) is 0 Å². The summed E-state index contributed by atoms with van der Waals surface area (Å²) in [7, 11) is 0. The summed E-state index contributed by atoms with van der Waals surface area (Å²) in [6.45, 7) is 2.11. The highest BCUT2D eigenvalue weighted by atomic mass is 79.9. The van der Waals surface area contributed by atoms with Gasteiger partial charge >= 0.3 is 0 Å². The van der Waals surface area contributed by atoms with Crippen molar-refractivity contribution in [2.45, 2.75) is 31.7 Å². The van der Waals surface area contributed by atoms with Crippen molar-refractivity contribution in [3.8, 4) is 0 Å². The van der Waals surface area contributed by atoms with Gasteiger partial charge in [-0.25, -0.2) is 0 Å². The van der Waals surface area contributed by atoms with Crippen LogP contribution < -0.4 is 5.32 Å². The fraction of sp³-hybridized carbons (Fsp3) is 0.294. The number of anilines is 1. The van der Waals surface area contributed by atoms with E-state index in [1.54, 1.807) is 0 Å². The Kier molecular flexibility index (Phi) is 3.61. The first kappa shape index (κ1) is 12.7. The molecule has 98 valence electrons. The minimum atomic E-state index is 0.611. The van der Waals surface area contributed by atoms with E-state index < -0.39 is 0 Å². The molecule has 1 saturated carbocycles. The maximum Gasteiger partial charge on any atom is 0.0353 e. The van der Waals surface area contributed by atoms with Crippen LogP contribution in [-0.4, -0.2) is 6.04 Å². The summed E-state index contributed by atoms with van der Waals surface area (Å²) in [4.78, 5) is 0. The molecule has 3 rings (SSSR count). The van der Waals surface area contributed by atoms with Gasteiger partial charge in [0.25, 0.3) is 0 Å². The lowest BCUT2D eigenvalue weighted by atomic mass is 9.76. The minimum Gasteiger partial charge on any atom is -0.382 e. The molecule has 0 bridgehead atoms. The van der Waals surface area contributed by atoms with Crippen LogP contribution >= 0.6 is 15.9 Å². The molecule has 1 aliphatic carbocycles. The number of rotatable bonds is 3. The predicted molar refractivity (Wildman–Crippen MR) is 84.7 cm³/mol. The van der Waals surface area contributed by atoms with Crippen molar-refractivity contribution >= 4 is 21.6 Å². The van der Waals surface area contributed by atoms with E-state index in [-0.39, 0.29) is 0 Å². The fourth-order valence-corrected chi connectivity index (χ4v) is 3.03. The zero-order valence-corrected chi connectivity index (χ0v) is 12.7. The molecular weight excluding hydrogens is 298 g/mol. The summed E-state index contributed by atoms with van der Waals surface area (Å²) in [6, 6.07) is 17.9. The number of nitrogens with one attached hydrogen (secondary N) is 1. The molecule has 0 unspecified atom stereocenters. The Morgan fingerprint density at radius 2 is 1.79 bits per heavy atom. The van der Waals surface area contributed by atoms with Gasteiger partial charge < -0.3 is 5.32 Å². The lowest BCUT2D eigenvalue weighted by Crippen LogP contribution is -2.33. The van der Waals surface area contributed by atoms with Crippen LogP contribution in [0.15, 0.2) is 53.0 Å². The monoisotopic (exact) mass is 315 g/mol. The zero-order chi connectivity index (χ0) is 13.2. The Morgan fingerprint density at radius 3 is 2.47 bits per heavy atom. The van der Waals surface area contributed by atoms with E-state index in [2.05, 4.69) is 76.7 Å². The van der Waals surface area contributed by atoms with Gasteiger partial charge in [-0.2, -0.15) is 0 Å². The van der Waals surface area contributed by atoms with Crippen molar-refractivity contribution in [1.29, 1.82) is 0 Å². The average molecular weight is 316 g/mol. The molecule has 1 N–H and O–H groups in total. The Hall–Kier alpha value is -1.28. The molecule has 0 atom stereocenters. The van der Waals surface area contributed by atoms with E-state index in [9.17, 15) is 0 Å². The number of aryl methyl sites for hydroxylation is 1. The van der Waals surface area contributed by atoms with Crippen molar-refractivity contribution in [3.63, 3.8) is 0 Å². The van der Waals surface area contributed by atoms with Crippen LogP contribution in [0.25, 0.3) is 0 Å². The highest BCUT2D eigenvalue weighted by Gasteiger charge is 2.29. The lowest BCUT2D eigenvalue weighted by Gasteiger charge is -2.37. The van der Waals surface area contributed by atoms with Crippen LogP contribution in [0.3, 0.4) is 0 Å². The molecule has 1 fully saturated rings. The fourth-order valence-electron chi connectivity index (χ4n) is 2.65. The second-order valence-corrected chi connectivity index (χ2v) is 6.24. The van der Waals surface area contributed by atoms with E-state index in [1.165, 1.54) is 34.1 Å². The lowest BCUT2D eigenvalue weighted by molar-refractivity contribution is 0.374. The summed E-state index contributed by atoms with van der Waals surface area (Å²) in [6.07, 6.45) is 2.46. The second kappa shape index (κ2) is 5.38. The van der Waals surface area contributed by atoms with E-state index in [0.717, 1.165) is 5.92 Å². The number of hydrogen-bond donors (Lipinski definition) is 1. The Labute approximate surface area is 123 Å². The normalized spacial score (nSPS) is 21.8. The van der Waals surface area contributed by atoms with Crippen LogP contribution in [0.2, 0.25) is 0 Å². The van der Waals surface area contributed by atoms with E-state index >= 15 is 0 Å². The number of benzene rings is 2. The summed E-state index contributed by atoms with van der Waals surface area (Å²) in [5.41, 5.74) is 3.97. The summed E-state index contributed by atoms with van der Waals surface area (Å²) in [5, 5.41) is 3.62. The van der Waals surface area contributed by atoms with Gasteiger partial charge in [-0.1, -0.05) is 52.3 Å². The molecule has 0 radical (unpaired) electrons. The first-order valence-corrected chi connectivity index (χ1v) is 7.59. The molecule has 2 aromatic rings. The van der Waals surface area contributed by atoms with Crippen LogP contribution in [0.4, 0.5) is 5.69 Å². The van der Waals surface area contributed by atoms with Crippen molar-refractivity contribution in [2.24, 2.45) is 0 Å². The maximum atomic E-state index is 3.62. The van der Waals surface area contributed by atoms with Crippen molar-refractivity contribution < 1.29 is 0 Å². The molecule has 0 spiro atoms. The minimum absolute atomic E-state index is 0.611. The van der Waals surface area contributed by atoms with E-state index in [1.807, 2.05) is 0 Å². The molecule has 0 aromatic heterocycles. The van der Waals surface area contributed by atoms with Gasteiger partial charge in [-0.3, -0.25) is 0 Å². The Morgan fingerprint density at radius 1 is 1.05 bits per heavy atom. The first-order chi connectivity index (χ1) is 9.22. The highest BCUT2D eigenvalue weighted by molar-refractivity contribution is 9.10. The van der Waals surface area contributed by atoms with Crippen LogP contribution in [0.5, 0.6) is 0 Å².